The SMILES string of the molecule is COc1ccc(CC(=O)Nc2ccc(OCC(=O)O)cc2C)cc1OC. The Bertz CT molecular complexity index is 803. The van der Waals surface area contributed by atoms with Gasteiger partial charge in [-0.1, -0.05) is 6.07 Å². The third-order valence-electron chi connectivity index (χ3n) is 3.65. The van der Waals surface area contributed by atoms with Crippen LogP contribution in [0.25, 0.3) is 0 Å². The number of carboxylic acids is 1. The molecule has 2 aromatic carbocycles. The molecule has 7 nitrogen and oxygen atoms in total. The maximum Gasteiger partial charge on any atom is 0.341 e. The number of nitrogens with one attached hydrogen (secondary N) is 1. The van der Waals surface area contributed by atoms with Gasteiger partial charge in [-0.25, -0.2) is 4.79 Å². The molecule has 0 aromatic heterocycles. The number of aliphatic carboxylic acids is 1. The smallest absolute Gasteiger partial charge is 0.341 e. The van der Waals surface area contributed by atoms with Gasteiger partial charge >= 0.3 is 5.97 Å². The Morgan fingerprint density at radius 2 is 1.77 bits per heavy atom. The van der Waals surface area contributed by atoms with Gasteiger partial charge in [0.05, 0.1) is 20.6 Å². The van der Waals surface area contributed by atoms with E-state index in [1.54, 1.807) is 57.5 Å². The first-order chi connectivity index (χ1) is 12.4. The predicted molar refractivity (Wildman–Crippen MR) is 96.2 cm³/mol. The summed E-state index contributed by atoms with van der Waals surface area (Å²) in [5.41, 5.74) is 2.20. The average molecular weight is 359 g/mol. The summed E-state index contributed by atoms with van der Waals surface area (Å²) in [7, 11) is 3.09. The quantitative estimate of drug-likeness (QED) is 0.753. The molecule has 7 heteroatoms. The number of benzene rings is 2. The molecule has 1 amide bonds. The Kier molecular flexibility index (Phi) is 6.43. The number of carbonyl (C=O) groups is 2. The molecule has 0 unspecified atom stereocenters. The van der Waals surface area contributed by atoms with Crippen molar-refractivity contribution in [2.45, 2.75) is 13.3 Å². The van der Waals surface area contributed by atoms with Crippen molar-refractivity contribution in [1.29, 1.82) is 0 Å². The van der Waals surface area contributed by atoms with E-state index in [1.807, 2.05) is 0 Å². The van der Waals surface area contributed by atoms with Crippen molar-refractivity contribution in [1.82, 2.24) is 0 Å². The number of ether oxygens (including phenoxy) is 3. The fraction of sp³-hybridized carbons (Fsp3) is 0.263. The maximum absolute atomic E-state index is 12.3. The lowest BCUT2D eigenvalue weighted by molar-refractivity contribution is -0.139. The first-order valence-corrected chi connectivity index (χ1v) is 7.89. The van der Waals surface area contributed by atoms with Gasteiger partial charge in [0.25, 0.3) is 0 Å². The number of carbonyl (C=O) groups excluding carboxylic acids is 1. The van der Waals surface area contributed by atoms with Crippen molar-refractivity contribution in [2.24, 2.45) is 0 Å². The summed E-state index contributed by atoms with van der Waals surface area (Å²) in [5, 5.41) is 11.5. The van der Waals surface area contributed by atoms with E-state index >= 15 is 0 Å². The van der Waals surface area contributed by atoms with Gasteiger partial charge < -0.3 is 24.6 Å². The molecule has 0 aliphatic rings. The molecule has 0 fully saturated rings. The first-order valence-electron chi connectivity index (χ1n) is 7.89. The van der Waals surface area contributed by atoms with Crippen molar-refractivity contribution in [3.05, 3.63) is 47.5 Å². The highest BCUT2D eigenvalue weighted by molar-refractivity contribution is 5.93. The minimum Gasteiger partial charge on any atom is -0.493 e. The van der Waals surface area contributed by atoms with Crippen LogP contribution in [0.15, 0.2) is 36.4 Å². The van der Waals surface area contributed by atoms with E-state index in [0.29, 0.717) is 22.9 Å². The van der Waals surface area contributed by atoms with Crippen molar-refractivity contribution in [3.8, 4) is 17.2 Å². The number of hydrogen-bond acceptors (Lipinski definition) is 5. The van der Waals surface area contributed by atoms with Gasteiger partial charge in [-0.05, 0) is 48.4 Å². The Balaban J connectivity index is 2.02. The molecule has 0 saturated carbocycles. The number of amides is 1. The fourth-order valence-corrected chi connectivity index (χ4v) is 2.38. The predicted octanol–water partition coefficient (Wildman–Crippen LogP) is 2.66. The summed E-state index contributed by atoms with van der Waals surface area (Å²) in [5.74, 6) is 0.371. The largest absolute Gasteiger partial charge is 0.493 e. The maximum atomic E-state index is 12.3. The van der Waals surface area contributed by atoms with Crippen LogP contribution in [0, 0.1) is 6.92 Å². The van der Waals surface area contributed by atoms with Crippen LogP contribution >= 0.6 is 0 Å². The minimum atomic E-state index is -1.05. The molecule has 0 atom stereocenters. The molecule has 0 aliphatic heterocycles. The summed E-state index contributed by atoms with van der Waals surface area (Å²) < 4.78 is 15.5. The third kappa shape index (κ3) is 5.14. The Hall–Kier alpha value is -3.22. The van der Waals surface area contributed by atoms with E-state index < -0.39 is 12.6 Å². The van der Waals surface area contributed by atoms with Gasteiger partial charge in [-0.15, -0.1) is 0 Å². The van der Waals surface area contributed by atoms with Gasteiger partial charge in [0.2, 0.25) is 5.91 Å². The molecule has 138 valence electrons. The van der Waals surface area contributed by atoms with Crippen LogP contribution in [-0.4, -0.2) is 37.8 Å². The molecular formula is C19H21NO6. The molecule has 0 spiro atoms. The topological polar surface area (TPSA) is 94.1 Å². The molecule has 0 aliphatic carbocycles. The lowest BCUT2D eigenvalue weighted by atomic mass is 10.1. The zero-order chi connectivity index (χ0) is 19.1. The molecule has 2 aromatic rings. The van der Waals surface area contributed by atoms with Crippen molar-refractivity contribution in [3.63, 3.8) is 0 Å². The fourth-order valence-electron chi connectivity index (χ4n) is 2.38. The third-order valence-corrected chi connectivity index (χ3v) is 3.65. The molecular weight excluding hydrogens is 338 g/mol. The van der Waals surface area contributed by atoms with Gasteiger partial charge in [0.1, 0.15) is 5.75 Å². The van der Waals surface area contributed by atoms with E-state index in [0.717, 1.165) is 11.1 Å². The van der Waals surface area contributed by atoms with Gasteiger partial charge in [0, 0.05) is 5.69 Å². The lowest BCUT2D eigenvalue weighted by Gasteiger charge is -2.12. The Labute approximate surface area is 151 Å². The summed E-state index contributed by atoms with van der Waals surface area (Å²) in [6.45, 7) is 1.39. The summed E-state index contributed by atoms with van der Waals surface area (Å²) in [6, 6.07) is 10.3. The average Bonchev–Trinajstić information content (AvgIpc) is 2.61. The molecule has 26 heavy (non-hydrogen) atoms. The van der Waals surface area contributed by atoms with Crippen LogP contribution < -0.4 is 19.5 Å². The normalized spacial score (nSPS) is 10.1. The standard InChI is InChI=1S/C19H21NO6/c1-12-8-14(26-11-19(22)23)5-6-15(12)20-18(21)10-13-4-7-16(24-2)17(9-13)25-3/h4-9H,10-11H2,1-3H3,(H,20,21)(H,22,23). The van der Waals surface area contributed by atoms with Gasteiger partial charge in [-0.3, -0.25) is 4.79 Å². The minimum absolute atomic E-state index is 0.178. The number of hydrogen-bond donors (Lipinski definition) is 2. The van der Waals surface area contributed by atoms with Gasteiger partial charge in [0.15, 0.2) is 18.1 Å². The van der Waals surface area contributed by atoms with E-state index in [9.17, 15) is 9.59 Å². The van der Waals surface area contributed by atoms with E-state index in [1.165, 1.54) is 0 Å². The Morgan fingerprint density at radius 3 is 2.38 bits per heavy atom. The molecule has 0 saturated heterocycles. The molecule has 2 rings (SSSR count). The van der Waals surface area contributed by atoms with Crippen LogP contribution in [0.2, 0.25) is 0 Å². The number of aryl methyl sites for hydroxylation is 1. The summed E-state index contributed by atoms with van der Waals surface area (Å²) >= 11 is 0. The van der Waals surface area contributed by atoms with E-state index in [4.69, 9.17) is 19.3 Å². The first kappa shape index (κ1) is 19.1. The van der Waals surface area contributed by atoms with Crippen LogP contribution in [0.3, 0.4) is 0 Å². The van der Waals surface area contributed by atoms with E-state index in [-0.39, 0.29) is 12.3 Å². The lowest BCUT2D eigenvalue weighted by Crippen LogP contribution is -2.15. The van der Waals surface area contributed by atoms with Crippen LogP contribution in [0.4, 0.5) is 5.69 Å². The van der Waals surface area contributed by atoms with Crippen LogP contribution in [0.1, 0.15) is 11.1 Å². The second-order valence-electron chi connectivity index (χ2n) is 5.57. The second-order valence-corrected chi connectivity index (χ2v) is 5.57. The summed E-state index contributed by atoms with van der Waals surface area (Å²) in [6.07, 6.45) is 0.178. The highest BCUT2D eigenvalue weighted by atomic mass is 16.5. The molecule has 2 N–H and O–H groups in total. The van der Waals surface area contributed by atoms with Gasteiger partial charge in [-0.2, -0.15) is 0 Å². The van der Waals surface area contributed by atoms with Crippen LogP contribution in [0.5, 0.6) is 17.2 Å². The molecule has 0 heterocycles. The Morgan fingerprint density at radius 1 is 1.04 bits per heavy atom. The zero-order valence-corrected chi connectivity index (χ0v) is 14.9. The monoisotopic (exact) mass is 359 g/mol. The summed E-state index contributed by atoms with van der Waals surface area (Å²) in [4.78, 5) is 22.8. The highest BCUT2D eigenvalue weighted by Crippen LogP contribution is 2.28. The number of carboxylic acid groups (broad SMARTS) is 1. The number of methoxy groups -OCH3 is 2. The van der Waals surface area contributed by atoms with E-state index in [2.05, 4.69) is 5.32 Å². The number of rotatable bonds is 8. The van der Waals surface area contributed by atoms with Crippen molar-refractivity contribution < 1.29 is 28.9 Å². The van der Waals surface area contributed by atoms with Crippen molar-refractivity contribution in [2.75, 3.05) is 26.1 Å². The zero-order valence-electron chi connectivity index (χ0n) is 14.9. The second kappa shape index (κ2) is 8.75. The highest BCUT2D eigenvalue weighted by Gasteiger charge is 2.10. The molecule has 0 bridgehead atoms. The van der Waals surface area contributed by atoms with Crippen LogP contribution in [-0.2, 0) is 16.0 Å². The molecule has 0 radical (unpaired) electrons. The van der Waals surface area contributed by atoms with Crippen molar-refractivity contribution >= 4 is 17.6 Å². The number of anilines is 1.